The van der Waals surface area contributed by atoms with Crippen molar-refractivity contribution in [2.75, 3.05) is 0 Å². The molecular formula is C24H47NO3. The molecule has 0 saturated heterocycles. The lowest BCUT2D eigenvalue weighted by molar-refractivity contribution is -0.137. The Morgan fingerprint density at radius 2 is 0.643 bits per heavy atom. The first-order chi connectivity index (χ1) is 13.6. The fourth-order valence-electron chi connectivity index (χ4n) is 3.76. The first-order valence-corrected chi connectivity index (χ1v) is 12.1. The van der Waals surface area contributed by atoms with Gasteiger partial charge in [0.25, 0.3) is 0 Å². The number of aliphatic carboxylic acids is 1. The van der Waals surface area contributed by atoms with Gasteiger partial charge >= 0.3 is 5.97 Å². The van der Waals surface area contributed by atoms with E-state index in [0.29, 0.717) is 12.8 Å². The molecule has 0 heterocycles. The number of rotatable bonds is 23. The molecule has 166 valence electrons. The number of carbonyl (C=O) groups excluding carboxylic acids is 1. The minimum absolute atomic E-state index is 0.165. The average Bonchev–Trinajstić information content (AvgIpc) is 2.65. The highest BCUT2D eigenvalue weighted by Gasteiger charge is 1.98. The SMILES string of the molecule is NC(=O)CCCCCCCCCCCCCCCCCCCCCCC(=O)O. The maximum Gasteiger partial charge on any atom is 0.303 e. The summed E-state index contributed by atoms with van der Waals surface area (Å²) in [6.45, 7) is 0. The number of hydrogen-bond acceptors (Lipinski definition) is 2. The van der Waals surface area contributed by atoms with Gasteiger partial charge in [0.15, 0.2) is 0 Å². The number of unbranched alkanes of at least 4 members (excludes halogenated alkanes) is 19. The second-order valence-electron chi connectivity index (χ2n) is 8.43. The molecule has 0 aromatic heterocycles. The zero-order valence-corrected chi connectivity index (χ0v) is 18.4. The summed E-state index contributed by atoms with van der Waals surface area (Å²) in [5.74, 6) is -0.827. The first kappa shape index (κ1) is 26.9. The highest BCUT2D eigenvalue weighted by atomic mass is 16.4. The van der Waals surface area contributed by atoms with Crippen LogP contribution in [0.25, 0.3) is 0 Å². The molecule has 0 spiro atoms. The van der Waals surface area contributed by atoms with Crippen LogP contribution in [0.4, 0.5) is 0 Å². The summed E-state index contributed by atoms with van der Waals surface area (Å²) in [6.07, 6.45) is 26.4. The van der Waals surface area contributed by atoms with Crippen molar-refractivity contribution >= 4 is 11.9 Å². The van der Waals surface area contributed by atoms with Gasteiger partial charge in [0.05, 0.1) is 0 Å². The summed E-state index contributed by atoms with van der Waals surface area (Å²) >= 11 is 0. The summed E-state index contributed by atoms with van der Waals surface area (Å²) in [7, 11) is 0. The molecule has 0 rings (SSSR count). The predicted octanol–water partition coefficient (Wildman–Crippen LogP) is 7.14. The number of carboxylic acid groups (broad SMARTS) is 1. The van der Waals surface area contributed by atoms with Crippen LogP contribution in [-0.4, -0.2) is 17.0 Å². The molecule has 4 nitrogen and oxygen atoms in total. The number of nitrogens with two attached hydrogens (primary N) is 1. The number of hydrogen-bond donors (Lipinski definition) is 2. The normalized spacial score (nSPS) is 11.0. The van der Waals surface area contributed by atoms with Crippen molar-refractivity contribution in [3.63, 3.8) is 0 Å². The quantitative estimate of drug-likeness (QED) is 0.180. The van der Waals surface area contributed by atoms with Crippen molar-refractivity contribution < 1.29 is 14.7 Å². The molecule has 0 bridgehead atoms. The molecule has 0 aliphatic carbocycles. The smallest absolute Gasteiger partial charge is 0.303 e. The van der Waals surface area contributed by atoms with E-state index < -0.39 is 5.97 Å². The maximum absolute atomic E-state index is 10.6. The maximum atomic E-state index is 10.6. The molecule has 0 aliphatic rings. The lowest BCUT2D eigenvalue weighted by atomic mass is 10.0. The average molecular weight is 398 g/mol. The summed E-state index contributed by atoms with van der Waals surface area (Å²) in [5.41, 5.74) is 5.13. The van der Waals surface area contributed by atoms with Gasteiger partial charge in [-0.25, -0.2) is 0 Å². The predicted molar refractivity (Wildman–Crippen MR) is 118 cm³/mol. The lowest BCUT2D eigenvalue weighted by Crippen LogP contribution is -2.09. The van der Waals surface area contributed by atoms with Crippen LogP contribution in [0.5, 0.6) is 0 Å². The molecule has 0 unspecified atom stereocenters. The van der Waals surface area contributed by atoms with Gasteiger partial charge in [-0.2, -0.15) is 0 Å². The second-order valence-corrected chi connectivity index (χ2v) is 8.43. The van der Waals surface area contributed by atoms with E-state index in [0.717, 1.165) is 25.7 Å². The van der Waals surface area contributed by atoms with Crippen molar-refractivity contribution in [1.29, 1.82) is 0 Å². The van der Waals surface area contributed by atoms with Gasteiger partial charge in [-0.05, 0) is 12.8 Å². The van der Waals surface area contributed by atoms with Crippen molar-refractivity contribution in [2.24, 2.45) is 5.73 Å². The van der Waals surface area contributed by atoms with Gasteiger partial charge < -0.3 is 10.8 Å². The number of carboxylic acids is 1. The van der Waals surface area contributed by atoms with Crippen LogP contribution in [0, 0.1) is 0 Å². The van der Waals surface area contributed by atoms with E-state index >= 15 is 0 Å². The Kier molecular flexibility index (Phi) is 21.4. The molecule has 0 radical (unpaired) electrons. The Balaban J connectivity index is 3.01. The molecule has 0 fully saturated rings. The molecule has 3 N–H and O–H groups in total. The fourth-order valence-corrected chi connectivity index (χ4v) is 3.76. The number of primary amides is 1. The molecule has 0 aliphatic heterocycles. The van der Waals surface area contributed by atoms with Gasteiger partial charge in [-0.3, -0.25) is 9.59 Å². The third-order valence-corrected chi connectivity index (χ3v) is 5.56. The highest BCUT2D eigenvalue weighted by Crippen LogP contribution is 2.15. The first-order valence-electron chi connectivity index (χ1n) is 12.1. The van der Waals surface area contributed by atoms with E-state index in [1.807, 2.05) is 0 Å². The molecular weight excluding hydrogens is 350 g/mol. The summed E-state index contributed by atoms with van der Waals surface area (Å²) < 4.78 is 0. The van der Waals surface area contributed by atoms with E-state index in [1.54, 1.807) is 0 Å². The molecule has 4 heteroatoms. The molecule has 0 aromatic carbocycles. The van der Waals surface area contributed by atoms with Crippen molar-refractivity contribution in [1.82, 2.24) is 0 Å². The molecule has 0 atom stereocenters. The van der Waals surface area contributed by atoms with E-state index in [2.05, 4.69) is 0 Å². The highest BCUT2D eigenvalue weighted by molar-refractivity contribution is 5.73. The van der Waals surface area contributed by atoms with Gasteiger partial charge in [0.1, 0.15) is 0 Å². The van der Waals surface area contributed by atoms with E-state index in [-0.39, 0.29) is 5.91 Å². The topological polar surface area (TPSA) is 80.4 Å². The number of amides is 1. The van der Waals surface area contributed by atoms with Crippen LogP contribution in [0.15, 0.2) is 0 Å². The molecule has 0 aromatic rings. The number of carbonyl (C=O) groups is 2. The summed E-state index contributed by atoms with van der Waals surface area (Å²) in [5, 5.41) is 8.57. The van der Waals surface area contributed by atoms with Gasteiger partial charge in [0, 0.05) is 12.8 Å². The summed E-state index contributed by atoms with van der Waals surface area (Å²) in [4.78, 5) is 21.0. The largest absolute Gasteiger partial charge is 0.481 e. The Hall–Kier alpha value is -1.06. The molecule has 28 heavy (non-hydrogen) atoms. The van der Waals surface area contributed by atoms with Crippen LogP contribution in [-0.2, 0) is 9.59 Å². The van der Waals surface area contributed by atoms with Crippen molar-refractivity contribution in [2.45, 2.75) is 141 Å². The van der Waals surface area contributed by atoms with Crippen LogP contribution in [0.3, 0.4) is 0 Å². The van der Waals surface area contributed by atoms with Crippen LogP contribution >= 0.6 is 0 Å². The molecule has 1 amide bonds. The van der Waals surface area contributed by atoms with Crippen LogP contribution < -0.4 is 5.73 Å². The standard InChI is InChI=1S/C24H47NO3/c25-23(26)21-19-17-15-13-11-9-7-5-3-1-2-4-6-8-10-12-14-16-18-20-22-24(27)28/h1-22H2,(H2,25,26)(H,27,28). The Bertz CT molecular complexity index is 324. The van der Waals surface area contributed by atoms with E-state index in [1.165, 1.54) is 103 Å². The Morgan fingerprint density at radius 3 is 0.857 bits per heavy atom. The van der Waals surface area contributed by atoms with E-state index in [4.69, 9.17) is 10.8 Å². The third kappa shape index (κ3) is 24.9. The van der Waals surface area contributed by atoms with Crippen LogP contribution in [0.2, 0.25) is 0 Å². The monoisotopic (exact) mass is 397 g/mol. The van der Waals surface area contributed by atoms with E-state index in [9.17, 15) is 9.59 Å². The minimum atomic E-state index is -0.662. The van der Waals surface area contributed by atoms with Crippen molar-refractivity contribution in [3.8, 4) is 0 Å². The van der Waals surface area contributed by atoms with Crippen LogP contribution in [0.1, 0.15) is 141 Å². The Labute approximate surface area is 174 Å². The third-order valence-electron chi connectivity index (χ3n) is 5.56. The molecule has 0 saturated carbocycles. The van der Waals surface area contributed by atoms with Gasteiger partial charge in [-0.15, -0.1) is 0 Å². The van der Waals surface area contributed by atoms with Crippen molar-refractivity contribution in [3.05, 3.63) is 0 Å². The van der Waals surface area contributed by atoms with Gasteiger partial charge in [-0.1, -0.05) is 116 Å². The minimum Gasteiger partial charge on any atom is -0.481 e. The lowest BCUT2D eigenvalue weighted by Gasteiger charge is -2.04. The van der Waals surface area contributed by atoms with Gasteiger partial charge in [0.2, 0.25) is 5.91 Å². The zero-order chi connectivity index (χ0) is 20.7. The zero-order valence-electron chi connectivity index (χ0n) is 18.4. The fraction of sp³-hybridized carbons (Fsp3) is 0.917. The second kappa shape index (κ2) is 22.2. The Morgan fingerprint density at radius 1 is 0.429 bits per heavy atom. The summed E-state index contributed by atoms with van der Waals surface area (Å²) in [6, 6.07) is 0.